The van der Waals surface area contributed by atoms with Crippen molar-refractivity contribution in [1.82, 2.24) is 0 Å². The molecule has 0 heterocycles. The van der Waals surface area contributed by atoms with E-state index in [2.05, 4.69) is 125 Å². The van der Waals surface area contributed by atoms with Gasteiger partial charge in [-0.3, -0.25) is 0 Å². The molecule has 0 saturated carbocycles. The molecule has 0 aromatic heterocycles. The van der Waals surface area contributed by atoms with Crippen LogP contribution >= 0.6 is 96.3 Å². The van der Waals surface area contributed by atoms with Gasteiger partial charge in [0.1, 0.15) is 0 Å². The van der Waals surface area contributed by atoms with Crippen LogP contribution in [0.25, 0.3) is 0 Å². The molecule has 0 radical (unpaired) electrons. The van der Waals surface area contributed by atoms with Gasteiger partial charge in [-0.1, -0.05) is 195 Å². The van der Waals surface area contributed by atoms with Crippen LogP contribution in [-0.4, -0.2) is 62.1 Å². The van der Waals surface area contributed by atoms with Crippen LogP contribution in [0.1, 0.15) is 249 Å². The Balaban J connectivity index is -0.000000157. The average molecular weight is 1640 g/mol. The minimum Gasteiger partial charge on any atom is -0.709 e. The van der Waals surface area contributed by atoms with Crippen molar-refractivity contribution in [3.63, 3.8) is 0 Å². The van der Waals surface area contributed by atoms with Gasteiger partial charge in [0.05, 0.1) is 33.6 Å². The Morgan fingerprint density at radius 3 is 0.304 bits per heavy atom. The summed E-state index contributed by atoms with van der Waals surface area (Å²) >= 11 is 73.3. The maximum absolute atomic E-state index is 5.70. The third-order valence-electron chi connectivity index (χ3n) is 4.63. The van der Waals surface area contributed by atoms with E-state index in [-0.39, 0.29) is 83.2 Å². The predicted octanol–water partition coefficient (Wildman–Crippen LogP) is 24.6. The van der Waals surface area contributed by atoms with E-state index in [4.69, 9.17) is 171 Å². The molecule has 6 atom stereocenters. The van der Waals surface area contributed by atoms with Crippen LogP contribution in [0.3, 0.4) is 0 Å². The smallest absolute Gasteiger partial charge is 0.0636 e. The van der Waals surface area contributed by atoms with E-state index in [1.807, 2.05) is 125 Å². The van der Waals surface area contributed by atoms with Gasteiger partial charge in [0.15, 0.2) is 0 Å². The molecule has 0 aromatic carbocycles. The van der Waals surface area contributed by atoms with Crippen molar-refractivity contribution in [3.05, 3.63) is 0 Å². The van der Waals surface area contributed by atoms with E-state index in [9.17, 15) is 0 Å². The van der Waals surface area contributed by atoms with Crippen LogP contribution in [-0.2, 0) is 193 Å². The maximum atomic E-state index is 5.70. The number of rotatable bonds is 12. The maximum Gasteiger partial charge on any atom is 0.0636 e. The molecule has 6 nitrogen and oxygen atoms in total. The first-order chi connectivity index (χ1) is 32.5. The molecular formula is C48H108MoO6P6S18-6. The third kappa shape index (κ3) is 95.4. The SMILES string of the molecule is CC(C)(C)OP(=S)([S-])SC(C)(C)C.CC(C)(C)OP(=S)([S-])SC(C)(C)C.CC(C)(C)OP(=S)([S-])SC(C)(C)C.CC(C)(C)OP(=S)([S-])SC(C)(C)C.CC(C)(C)OP(=S)([S-])SC(C)(C)C.CC(C)(C)OP(=S)([S-])SC(C)(C)C.[Mo]. The van der Waals surface area contributed by atoms with Gasteiger partial charge in [-0.2, -0.15) is 0 Å². The predicted molar refractivity (Wildman–Crippen MR) is 419 cm³/mol. The summed E-state index contributed by atoms with van der Waals surface area (Å²) in [5.74, 6) is 0. The summed E-state index contributed by atoms with van der Waals surface area (Å²) in [4.78, 5) is 0. The zero-order valence-electron chi connectivity index (χ0n) is 54.9. The Labute approximate surface area is 592 Å². The monoisotopic (exact) mass is 1640 g/mol. The fourth-order valence-electron chi connectivity index (χ4n) is 4.14. The molecule has 0 bridgehead atoms. The molecule has 0 saturated heterocycles. The minimum absolute atomic E-state index is 0. The molecule has 0 aliphatic rings. The van der Waals surface area contributed by atoms with Crippen molar-refractivity contribution in [2.24, 2.45) is 0 Å². The van der Waals surface area contributed by atoms with Gasteiger partial charge in [0.25, 0.3) is 0 Å². The van der Waals surface area contributed by atoms with Crippen molar-refractivity contribution in [2.45, 2.75) is 311 Å². The van der Waals surface area contributed by atoms with Crippen LogP contribution in [0, 0.1) is 0 Å². The molecule has 0 aliphatic heterocycles. The van der Waals surface area contributed by atoms with E-state index in [0.717, 1.165) is 0 Å². The van der Waals surface area contributed by atoms with E-state index < -0.39 is 28.0 Å². The van der Waals surface area contributed by atoms with Gasteiger partial charge in [-0.25, -0.2) is 0 Å². The van der Waals surface area contributed by atoms with Crippen molar-refractivity contribution >= 4 is 241 Å². The molecule has 0 N–H and O–H groups in total. The normalized spacial score (nSPS) is 18.2. The molecule has 6 unspecified atom stereocenters. The zero-order valence-corrected chi connectivity index (χ0v) is 77.0. The van der Waals surface area contributed by atoms with Gasteiger partial charge in [0, 0.05) is 49.5 Å². The Morgan fingerprint density at radius 1 is 0.203 bits per heavy atom. The summed E-state index contributed by atoms with van der Waals surface area (Å²) in [5.41, 5.74) is -1.36. The summed E-state index contributed by atoms with van der Waals surface area (Å²) < 4.78 is 22.1. The Hall–Kier alpha value is 8.55. The second-order valence-electron chi connectivity index (χ2n) is 29.1. The molecular weight excluding hydrogens is 1530 g/mol. The fourth-order valence-corrected chi connectivity index (χ4v) is 61.4. The number of hydrogen-bond acceptors (Lipinski definition) is 24. The standard InChI is InChI=1S/6C8H19OPS3.Mo/c6*1-7(2,3)9-10(11,12)13-8(4,5)6;/h6*1-6H3,(H,11,12);/p-6. The zero-order chi connectivity index (χ0) is 65.5. The van der Waals surface area contributed by atoms with Crippen molar-refractivity contribution in [1.29, 1.82) is 0 Å². The van der Waals surface area contributed by atoms with Crippen LogP contribution in [0.2, 0.25) is 0 Å². The largest absolute Gasteiger partial charge is 0.709 e. The molecule has 0 rings (SSSR count). The molecule has 0 spiro atoms. The van der Waals surface area contributed by atoms with E-state index in [1.54, 1.807) is 68.3 Å². The van der Waals surface area contributed by atoms with E-state index in [1.165, 1.54) is 0 Å². The average Bonchev–Trinajstić information content (AvgIpc) is 2.81. The summed E-state index contributed by atoms with van der Waals surface area (Å²) in [6.45, 7) is 73.8. The molecule has 0 aromatic rings. The van der Waals surface area contributed by atoms with Gasteiger partial charge in [0.2, 0.25) is 0 Å². The van der Waals surface area contributed by atoms with Gasteiger partial charge in [-0.15, -0.1) is 68.3 Å². The summed E-state index contributed by atoms with van der Waals surface area (Å²) in [6, 6.07) is 0. The molecule has 0 amide bonds. The van der Waals surface area contributed by atoms with Crippen molar-refractivity contribution < 1.29 is 48.2 Å². The first-order valence-electron chi connectivity index (χ1n) is 24.8. The van der Waals surface area contributed by atoms with Gasteiger partial charge in [-0.05, 0) is 153 Å². The van der Waals surface area contributed by atoms with Gasteiger partial charge >= 0.3 is 0 Å². The van der Waals surface area contributed by atoms with E-state index in [0.29, 0.717) is 0 Å². The van der Waals surface area contributed by atoms with Crippen LogP contribution < -0.4 is 0 Å². The summed E-state index contributed by atoms with van der Waals surface area (Å²) in [7, 11) is 0. The van der Waals surface area contributed by atoms with Crippen LogP contribution in [0.5, 0.6) is 0 Å². The Bertz CT molecular complexity index is 1550. The summed E-state index contributed by atoms with van der Waals surface area (Å²) in [5, 5.41) is 0. The van der Waals surface area contributed by atoms with Crippen LogP contribution in [0.15, 0.2) is 0 Å². The summed E-state index contributed by atoms with van der Waals surface area (Å²) in [6.07, 6.45) is 0. The Morgan fingerprint density at radius 2 is 0.266 bits per heavy atom. The van der Waals surface area contributed by atoms with Crippen molar-refractivity contribution in [2.75, 3.05) is 0 Å². The minimum atomic E-state index is -2.10. The molecule has 0 fully saturated rings. The molecule has 31 heteroatoms. The van der Waals surface area contributed by atoms with Crippen molar-refractivity contribution in [3.8, 4) is 0 Å². The second-order valence-corrected chi connectivity index (χ2v) is 87.6. The molecule has 79 heavy (non-hydrogen) atoms. The quantitative estimate of drug-likeness (QED) is 0.106. The van der Waals surface area contributed by atoms with E-state index >= 15 is 0 Å². The number of hydrogen-bond donors (Lipinski definition) is 0. The molecule has 486 valence electrons. The third-order valence-corrected chi connectivity index (χ3v) is 39.8. The fraction of sp³-hybridized carbons (Fsp3) is 1.00. The first kappa shape index (κ1) is 101. The van der Waals surface area contributed by atoms with Gasteiger partial charge < -0.3 is 101 Å². The second kappa shape index (κ2) is 38.3. The Kier molecular flexibility index (Phi) is 49.0. The molecule has 0 aliphatic carbocycles. The van der Waals surface area contributed by atoms with Crippen LogP contribution in [0.4, 0.5) is 0 Å². The topological polar surface area (TPSA) is 55.4 Å². The first-order valence-corrected chi connectivity index (χ1v) is 55.8.